The fourth-order valence-corrected chi connectivity index (χ4v) is 5.77. The van der Waals surface area contributed by atoms with Crippen LogP contribution >= 0.6 is 22.6 Å². The molecule has 8 nitrogen and oxygen atoms in total. The van der Waals surface area contributed by atoms with Gasteiger partial charge in [-0.25, -0.2) is 9.36 Å². The monoisotopic (exact) mass is 636 g/mol. The maximum Gasteiger partial charge on any atom is 0.275 e. The van der Waals surface area contributed by atoms with E-state index >= 15 is 0 Å². The number of nitrogens with one attached hydrogen (secondary N) is 2. The van der Waals surface area contributed by atoms with Crippen molar-refractivity contribution in [3.8, 4) is 22.9 Å². The molecule has 0 saturated carbocycles. The molecule has 0 spiro atoms. The summed E-state index contributed by atoms with van der Waals surface area (Å²) in [6.45, 7) is 6.11. The molecule has 0 amide bonds. The Kier molecular flexibility index (Phi) is 7.51. The van der Waals surface area contributed by atoms with E-state index in [4.69, 9.17) is 9.47 Å². The summed E-state index contributed by atoms with van der Waals surface area (Å²) in [5.41, 5.74) is 4.03. The number of H-pyrrole nitrogens is 2. The van der Waals surface area contributed by atoms with Crippen molar-refractivity contribution in [1.29, 1.82) is 0 Å². The van der Waals surface area contributed by atoms with E-state index in [1.165, 1.54) is 9.36 Å². The summed E-state index contributed by atoms with van der Waals surface area (Å²) in [5.74, 6) is 0.491. The first-order valence-electron chi connectivity index (χ1n) is 12.6. The molecular formula is C30H29IN4O4. The molecular weight excluding hydrogens is 607 g/mol. The molecule has 200 valence electrons. The first-order valence-corrected chi connectivity index (χ1v) is 13.7. The largest absolute Gasteiger partial charge is 0.493 e. The molecule has 5 rings (SSSR count). The number of para-hydroxylation sites is 2. The SMILES string of the molecule is CCOc1c(I)cc(C(c2c(C)[nH]n(-c3ccccc3)c2=O)c2c(C)[nH]n(-c3ccccc3)c2=O)cc1OC. The summed E-state index contributed by atoms with van der Waals surface area (Å²) in [7, 11) is 1.58. The van der Waals surface area contributed by atoms with Gasteiger partial charge in [0.15, 0.2) is 11.5 Å². The minimum atomic E-state index is -0.675. The van der Waals surface area contributed by atoms with Crippen molar-refractivity contribution < 1.29 is 9.47 Å². The van der Waals surface area contributed by atoms with E-state index in [1.807, 2.05) is 93.6 Å². The van der Waals surface area contributed by atoms with Crippen LogP contribution in [0.3, 0.4) is 0 Å². The van der Waals surface area contributed by atoms with Crippen LogP contribution in [0, 0.1) is 17.4 Å². The zero-order valence-corrected chi connectivity index (χ0v) is 24.3. The van der Waals surface area contributed by atoms with Crippen molar-refractivity contribution in [3.63, 3.8) is 0 Å². The Balaban J connectivity index is 1.81. The number of nitrogens with zero attached hydrogens (tertiary/aromatic N) is 2. The van der Waals surface area contributed by atoms with E-state index < -0.39 is 5.92 Å². The molecule has 0 atom stereocenters. The van der Waals surface area contributed by atoms with Crippen molar-refractivity contribution in [3.05, 3.63) is 125 Å². The molecule has 0 fully saturated rings. The van der Waals surface area contributed by atoms with Gasteiger partial charge in [-0.2, -0.15) is 0 Å². The highest BCUT2D eigenvalue weighted by molar-refractivity contribution is 14.1. The Morgan fingerprint density at radius 3 is 1.74 bits per heavy atom. The van der Waals surface area contributed by atoms with Crippen LogP contribution in [0.5, 0.6) is 11.5 Å². The minimum absolute atomic E-state index is 0.224. The van der Waals surface area contributed by atoms with Gasteiger partial charge in [0, 0.05) is 17.3 Å². The number of rotatable bonds is 8. The lowest BCUT2D eigenvalue weighted by molar-refractivity contribution is 0.308. The third-order valence-corrected chi connectivity index (χ3v) is 7.52. The van der Waals surface area contributed by atoms with Crippen LogP contribution in [-0.2, 0) is 0 Å². The maximum atomic E-state index is 14.0. The number of ether oxygens (including phenoxy) is 2. The van der Waals surface area contributed by atoms with E-state index in [0.29, 0.717) is 52.0 Å². The normalized spacial score (nSPS) is 11.2. The van der Waals surface area contributed by atoms with Crippen LogP contribution in [0.15, 0.2) is 82.4 Å². The molecule has 5 aromatic rings. The second-order valence-electron chi connectivity index (χ2n) is 9.15. The summed E-state index contributed by atoms with van der Waals surface area (Å²) >= 11 is 2.21. The van der Waals surface area contributed by atoms with Gasteiger partial charge >= 0.3 is 0 Å². The van der Waals surface area contributed by atoms with Crippen molar-refractivity contribution >= 4 is 22.6 Å². The first kappa shape index (κ1) is 26.6. The minimum Gasteiger partial charge on any atom is -0.493 e. The summed E-state index contributed by atoms with van der Waals surface area (Å²) in [4.78, 5) is 28.1. The maximum absolute atomic E-state index is 14.0. The summed E-state index contributed by atoms with van der Waals surface area (Å²) in [6.07, 6.45) is 0. The standard InChI is InChI=1S/C30H29IN4O4/c1-5-39-28-23(31)16-20(17-24(28)38-4)27(25-18(2)32-34(29(25)36)21-12-8-6-9-13-21)26-19(3)33-35(30(26)37)22-14-10-7-11-15-22/h6-17,27,32-33H,5H2,1-4H3. The lowest BCUT2D eigenvalue weighted by Crippen LogP contribution is -2.25. The number of aromatic amines is 2. The van der Waals surface area contributed by atoms with Crippen molar-refractivity contribution in [2.75, 3.05) is 13.7 Å². The molecule has 2 aromatic heterocycles. The topological polar surface area (TPSA) is 94.0 Å². The summed E-state index contributed by atoms with van der Waals surface area (Å²) in [6, 6.07) is 22.6. The Bertz CT molecular complexity index is 1640. The number of aromatic nitrogens is 4. The van der Waals surface area contributed by atoms with Gasteiger partial charge < -0.3 is 9.47 Å². The van der Waals surface area contributed by atoms with Crippen molar-refractivity contribution in [1.82, 2.24) is 19.6 Å². The van der Waals surface area contributed by atoms with E-state index in [9.17, 15) is 9.59 Å². The highest BCUT2D eigenvalue weighted by Crippen LogP contribution is 2.40. The molecule has 2 heterocycles. The van der Waals surface area contributed by atoms with Gasteiger partial charge in [0.2, 0.25) is 0 Å². The van der Waals surface area contributed by atoms with Gasteiger partial charge in [-0.05, 0) is 85.3 Å². The molecule has 2 N–H and O–H groups in total. The molecule has 0 saturated heterocycles. The zero-order valence-electron chi connectivity index (χ0n) is 22.1. The number of hydrogen-bond acceptors (Lipinski definition) is 4. The number of benzene rings is 3. The smallest absolute Gasteiger partial charge is 0.275 e. The molecule has 0 aliphatic rings. The fourth-order valence-electron chi connectivity index (χ4n) is 4.99. The highest BCUT2D eigenvalue weighted by atomic mass is 127. The average Bonchev–Trinajstić information content (AvgIpc) is 3.41. The van der Waals surface area contributed by atoms with Gasteiger partial charge in [-0.15, -0.1) is 0 Å². The Morgan fingerprint density at radius 1 is 0.821 bits per heavy atom. The van der Waals surface area contributed by atoms with Crippen LogP contribution in [0.2, 0.25) is 0 Å². The van der Waals surface area contributed by atoms with Crippen molar-refractivity contribution in [2.24, 2.45) is 0 Å². The molecule has 0 aliphatic heterocycles. The Labute approximate surface area is 239 Å². The molecule has 0 unspecified atom stereocenters. The third kappa shape index (κ3) is 4.82. The lowest BCUT2D eigenvalue weighted by atomic mass is 9.85. The van der Waals surface area contributed by atoms with E-state index in [2.05, 4.69) is 32.8 Å². The fraction of sp³-hybridized carbons (Fsp3) is 0.200. The molecule has 0 aliphatic carbocycles. The lowest BCUT2D eigenvalue weighted by Gasteiger charge is -2.19. The molecule has 9 heteroatoms. The Morgan fingerprint density at radius 2 is 1.31 bits per heavy atom. The average molecular weight is 636 g/mol. The first-order chi connectivity index (χ1) is 18.8. The molecule has 0 radical (unpaired) electrons. The van der Waals surface area contributed by atoms with Gasteiger partial charge in [-0.3, -0.25) is 19.8 Å². The molecule has 3 aromatic carbocycles. The number of halogens is 1. The molecule has 0 bridgehead atoms. The van der Waals surface area contributed by atoms with E-state index in [0.717, 1.165) is 9.13 Å². The quantitative estimate of drug-likeness (QED) is 0.222. The summed E-state index contributed by atoms with van der Waals surface area (Å²) < 4.78 is 15.4. The van der Waals surface area contributed by atoms with Gasteiger partial charge in [0.1, 0.15) is 0 Å². The van der Waals surface area contributed by atoms with E-state index in [-0.39, 0.29) is 11.1 Å². The van der Waals surface area contributed by atoms with Gasteiger partial charge in [0.05, 0.1) is 39.8 Å². The number of hydrogen-bond donors (Lipinski definition) is 2. The second-order valence-corrected chi connectivity index (χ2v) is 10.3. The molecule has 39 heavy (non-hydrogen) atoms. The second kappa shape index (κ2) is 11.0. The number of methoxy groups -OCH3 is 1. The van der Waals surface area contributed by atoms with Crippen LogP contribution in [0.1, 0.15) is 40.9 Å². The van der Waals surface area contributed by atoms with Crippen LogP contribution in [0.4, 0.5) is 0 Å². The highest BCUT2D eigenvalue weighted by Gasteiger charge is 2.32. The Hall–Kier alpha value is -3.99. The zero-order chi connectivity index (χ0) is 27.7. The van der Waals surface area contributed by atoms with Crippen LogP contribution in [0.25, 0.3) is 11.4 Å². The third-order valence-electron chi connectivity index (χ3n) is 6.71. The van der Waals surface area contributed by atoms with Crippen LogP contribution in [-0.4, -0.2) is 33.3 Å². The van der Waals surface area contributed by atoms with Crippen LogP contribution < -0.4 is 20.6 Å². The predicted molar refractivity (Wildman–Crippen MR) is 160 cm³/mol. The predicted octanol–water partition coefficient (Wildman–Crippen LogP) is 5.45. The van der Waals surface area contributed by atoms with Gasteiger partial charge in [-0.1, -0.05) is 36.4 Å². The number of aryl methyl sites for hydroxylation is 2. The van der Waals surface area contributed by atoms with Crippen molar-refractivity contribution in [2.45, 2.75) is 26.7 Å². The summed E-state index contributed by atoms with van der Waals surface area (Å²) in [5, 5.41) is 6.46. The van der Waals surface area contributed by atoms with E-state index in [1.54, 1.807) is 7.11 Å². The van der Waals surface area contributed by atoms with Gasteiger partial charge in [0.25, 0.3) is 11.1 Å².